The standard InChI is InChI=1S/C15H11BrClFO2/c16-13-8-11(17)5-6-15(13)20-9-12(19)7-10-3-1-2-4-14(10)18/h1-6,8H,7,9H2. The lowest BCUT2D eigenvalue weighted by Crippen LogP contribution is -2.14. The van der Waals surface area contributed by atoms with E-state index >= 15 is 0 Å². The monoisotopic (exact) mass is 356 g/mol. The van der Waals surface area contributed by atoms with E-state index in [0.717, 1.165) is 0 Å². The molecule has 2 nitrogen and oxygen atoms in total. The van der Waals surface area contributed by atoms with Crippen molar-refractivity contribution in [3.05, 3.63) is 63.3 Å². The van der Waals surface area contributed by atoms with Crippen LogP contribution in [0.3, 0.4) is 0 Å². The van der Waals surface area contributed by atoms with Crippen LogP contribution < -0.4 is 4.74 Å². The maximum atomic E-state index is 13.4. The Morgan fingerprint density at radius 3 is 2.70 bits per heavy atom. The van der Waals surface area contributed by atoms with Crippen molar-refractivity contribution in [2.75, 3.05) is 6.61 Å². The number of halogens is 3. The first kappa shape index (κ1) is 15.0. The predicted octanol–water partition coefficient (Wildman–Crippen LogP) is 4.43. The first-order valence-electron chi connectivity index (χ1n) is 5.89. The van der Waals surface area contributed by atoms with Crippen molar-refractivity contribution in [1.29, 1.82) is 0 Å². The molecule has 0 bridgehead atoms. The quantitative estimate of drug-likeness (QED) is 0.791. The van der Waals surface area contributed by atoms with Crippen molar-refractivity contribution in [3.63, 3.8) is 0 Å². The summed E-state index contributed by atoms with van der Waals surface area (Å²) in [5.41, 5.74) is 0.372. The van der Waals surface area contributed by atoms with Crippen LogP contribution in [0.4, 0.5) is 4.39 Å². The number of rotatable bonds is 5. The number of carbonyl (C=O) groups excluding carboxylic acids is 1. The van der Waals surface area contributed by atoms with Gasteiger partial charge in [0.15, 0.2) is 5.78 Å². The lowest BCUT2D eigenvalue weighted by molar-refractivity contribution is -0.120. The van der Waals surface area contributed by atoms with Crippen LogP contribution in [0.5, 0.6) is 5.75 Å². The van der Waals surface area contributed by atoms with Crippen LogP contribution in [0.2, 0.25) is 5.02 Å². The summed E-state index contributed by atoms with van der Waals surface area (Å²) in [6.45, 7) is -0.117. The van der Waals surface area contributed by atoms with Gasteiger partial charge in [-0.15, -0.1) is 0 Å². The van der Waals surface area contributed by atoms with Crippen molar-refractivity contribution >= 4 is 33.3 Å². The van der Waals surface area contributed by atoms with E-state index in [1.165, 1.54) is 6.07 Å². The molecule has 0 radical (unpaired) electrons. The molecule has 0 heterocycles. The average molecular weight is 358 g/mol. The summed E-state index contributed by atoms with van der Waals surface area (Å²) in [7, 11) is 0. The van der Waals surface area contributed by atoms with E-state index in [-0.39, 0.29) is 24.6 Å². The van der Waals surface area contributed by atoms with E-state index in [0.29, 0.717) is 20.8 Å². The van der Waals surface area contributed by atoms with Gasteiger partial charge in [-0.2, -0.15) is 0 Å². The van der Waals surface area contributed by atoms with Crippen molar-refractivity contribution < 1.29 is 13.9 Å². The van der Waals surface area contributed by atoms with Gasteiger partial charge in [0.05, 0.1) is 4.47 Å². The lowest BCUT2D eigenvalue weighted by atomic mass is 10.1. The lowest BCUT2D eigenvalue weighted by Gasteiger charge is -2.08. The molecule has 0 aliphatic rings. The van der Waals surface area contributed by atoms with Gasteiger partial charge >= 0.3 is 0 Å². The van der Waals surface area contributed by atoms with E-state index in [2.05, 4.69) is 15.9 Å². The summed E-state index contributed by atoms with van der Waals surface area (Å²) in [6, 6.07) is 11.2. The second-order valence-corrected chi connectivity index (χ2v) is 5.46. The number of ketones is 1. The van der Waals surface area contributed by atoms with Gasteiger partial charge in [-0.25, -0.2) is 4.39 Å². The van der Waals surface area contributed by atoms with Gasteiger partial charge in [0.2, 0.25) is 0 Å². The van der Waals surface area contributed by atoms with Crippen LogP contribution in [0.1, 0.15) is 5.56 Å². The van der Waals surface area contributed by atoms with E-state index in [9.17, 15) is 9.18 Å². The Bertz CT molecular complexity index is 631. The number of hydrogen-bond donors (Lipinski definition) is 0. The van der Waals surface area contributed by atoms with Crippen molar-refractivity contribution in [3.8, 4) is 5.75 Å². The topological polar surface area (TPSA) is 26.3 Å². The minimum atomic E-state index is -0.381. The molecule has 0 amide bonds. The van der Waals surface area contributed by atoms with E-state index in [4.69, 9.17) is 16.3 Å². The normalized spacial score (nSPS) is 10.3. The fraction of sp³-hybridized carbons (Fsp3) is 0.133. The smallest absolute Gasteiger partial charge is 0.174 e. The third-order valence-corrected chi connectivity index (χ3v) is 3.48. The van der Waals surface area contributed by atoms with Crippen LogP contribution in [-0.4, -0.2) is 12.4 Å². The zero-order valence-corrected chi connectivity index (χ0v) is 12.7. The molecule has 0 fully saturated rings. The third kappa shape index (κ3) is 4.05. The Kier molecular flexibility index (Phi) is 5.15. The molecule has 0 atom stereocenters. The molecule has 2 rings (SSSR count). The number of hydrogen-bond acceptors (Lipinski definition) is 2. The highest BCUT2D eigenvalue weighted by molar-refractivity contribution is 9.10. The minimum Gasteiger partial charge on any atom is -0.485 e. The number of Topliss-reactive ketones (excluding diaryl/α,β-unsaturated/α-hetero) is 1. The highest BCUT2D eigenvalue weighted by atomic mass is 79.9. The summed E-state index contributed by atoms with van der Waals surface area (Å²) in [6.07, 6.45) is 0.0118. The molecule has 0 N–H and O–H groups in total. The van der Waals surface area contributed by atoms with E-state index < -0.39 is 0 Å². The maximum absolute atomic E-state index is 13.4. The number of carbonyl (C=O) groups is 1. The summed E-state index contributed by atoms with van der Waals surface area (Å²) in [5.74, 6) is -0.0539. The second-order valence-electron chi connectivity index (χ2n) is 4.17. The van der Waals surface area contributed by atoms with Gasteiger partial charge in [0.1, 0.15) is 18.2 Å². The second kappa shape index (κ2) is 6.86. The van der Waals surface area contributed by atoms with Gasteiger partial charge < -0.3 is 4.74 Å². The summed E-state index contributed by atoms with van der Waals surface area (Å²) in [4.78, 5) is 11.8. The van der Waals surface area contributed by atoms with Crippen molar-refractivity contribution in [2.45, 2.75) is 6.42 Å². The molecule has 2 aromatic carbocycles. The van der Waals surface area contributed by atoms with Crippen LogP contribution in [0, 0.1) is 5.82 Å². The van der Waals surface area contributed by atoms with Gasteiger partial charge in [0, 0.05) is 11.4 Å². The van der Waals surface area contributed by atoms with Gasteiger partial charge in [-0.1, -0.05) is 29.8 Å². The highest BCUT2D eigenvalue weighted by Crippen LogP contribution is 2.27. The first-order valence-corrected chi connectivity index (χ1v) is 7.06. The van der Waals surface area contributed by atoms with Crippen molar-refractivity contribution in [1.82, 2.24) is 0 Å². The fourth-order valence-corrected chi connectivity index (χ4v) is 2.45. The highest BCUT2D eigenvalue weighted by Gasteiger charge is 2.10. The molecule has 2 aromatic rings. The Labute approximate surface area is 129 Å². The molecule has 0 saturated heterocycles. The average Bonchev–Trinajstić information content (AvgIpc) is 2.40. The maximum Gasteiger partial charge on any atom is 0.174 e. The number of benzene rings is 2. The molecular weight excluding hydrogens is 347 g/mol. The molecule has 0 saturated carbocycles. The van der Waals surface area contributed by atoms with Crippen LogP contribution >= 0.6 is 27.5 Å². The van der Waals surface area contributed by atoms with E-state index in [1.807, 2.05) is 0 Å². The molecule has 0 unspecified atom stereocenters. The van der Waals surface area contributed by atoms with Gasteiger partial charge in [-0.3, -0.25) is 4.79 Å². The Balaban J connectivity index is 1.94. The molecule has 5 heteroatoms. The fourth-order valence-electron chi connectivity index (χ4n) is 1.66. The Morgan fingerprint density at radius 2 is 2.00 bits per heavy atom. The summed E-state index contributed by atoms with van der Waals surface area (Å²) in [5, 5.41) is 0.571. The van der Waals surface area contributed by atoms with Gasteiger partial charge in [-0.05, 0) is 45.8 Å². The summed E-state index contributed by atoms with van der Waals surface area (Å²) < 4.78 is 19.5. The zero-order valence-electron chi connectivity index (χ0n) is 10.4. The Morgan fingerprint density at radius 1 is 1.25 bits per heavy atom. The molecule has 0 aromatic heterocycles. The van der Waals surface area contributed by atoms with Crippen molar-refractivity contribution in [2.24, 2.45) is 0 Å². The molecule has 104 valence electrons. The SMILES string of the molecule is O=C(COc1ccc(Cl)cc1Br)Cc1ccccc1F. The van der Waals surface area contributed by atoms with Crippen LogP contribution in [0.15, 0.2) is 46.9 Å². The Hall–Kier alpha value is -1.39. The van der Waals surface area contributed by atoms with Gasteiger partial charge in [0.25, 0.3) is 0 Å². The minimum absolute atomic E-state index is 0.0118. The van der Waals surface area contributed by atoms with Crippen LogP contribution in [-0.2, 0) is 11.2 Å². The largest absolute Gasteiger partial charge is 0.485 e. The van der Waals surface area contributed by atoms with Crippen LogP contribution in [0.25, 0.3) is 0 Å². The predicted molar refractivity (Wildman–Crippen MR) is 79.8 cm³/mol. The zero-order chi connectivity index (χ0) is 14.5. The summed E-state index contributed by atoms with van der Waals surface area (Å²) >= 11 is 9.11. The molecule has 0 aliphatic heterocycles. The van der Waals surface area contributed by atoms with E-state index in [1.54, 1.807) is 36.4 Å². The molecule has 20 heavy (non-hydrogen) atoms. The molecule has 0 spiro atoms. The number of ether oxygens (including phenoxy) is 1. The first-order chi connectivity index (χ1) is 9.56. The third-order valence-electron chi connectivity index (χ3n) is 2.63. The molecule has 0 aliphatic carbocycles. The molecular formula is C15H11BrClFO2.